The van der Waals surface area contributed by atoms with E-state index in [4.69, 9.17) is 25.8 Å². The summed E-state index contributed by atoms with van der Waals surface area (Å²) in [4.78, 5) is 41.1. The molecule has 2 rings (SSSR count). The van der Waals surface area contributed by atoms with E-state index in [9.17, 15) is 28.8 Å². The van der Waals surface area contributed by atoms with Crippen LogP contribution in [0.25, 0.3) is 0 Å². The molecule has 0 aromatic heterocycles. The maximum atomic E-state index is 11.9. The third kappa shape index (κ3) is 6.41. The van der Waals surface area contributed by atoms with Crippen molar-refractivity contribution in [2.45, 2.75) is 31.0 Å². The lowest BCUT2D eigenvalue weighted by molar-refractivity contribution is -0.0937. The number of amidine groups is 1. The average Bonchev–Trinajstić information content (AvgIpc) is 2.82. The Kier molecular flexibility index (Phi) is 7.54. The molecular formula is C13H19N2O13P3. The van der Waals surface area contributed by atoms with Crippen LogP contribution in [0.4, 0.5) is 0 Å². The van der Waals surface area contributed by atoms with Gasteiger partial charge in [0.15, 0.2) is 11.8 Å². The molecule has 0 saturated carbocycles. The molecule has 6 unspecified atom stereocenters. The monoisotopic (exact) mass is 504 g/mol. The number of aliphatic hydroxyl groups excluding tert-OH is 2. The summed E-state index contributed by atoms with van der Waals surface area (Å²) < 4.78 is 51.1. The number of allylic oxidation sites excluding steroid dienone is 1. The van der Waals surface area contributed by atoms with Crippen molar-refractivity contribution in [3.05, 3.63) is 24.6 Å². The van der Waals surface area contributed by atoms with E-state index in [2.05, 4.69) is 24.7 Å². The highest BCUT2D eigenvalue weighted by Gasteiger charge is 2.57. The van der Waals surface area contributed by atoms with E-state index in [1.165, 1.54) is 17.2 Å². The molecule has 6 N–H and O–H groups in total. The van der Waals surface area contributed by atoms with Crippen LogP contribution in [0.15, 0.2) is 29.5 Å². The Labute approximate surface area is 175 Å². The molecular weight excluding hydrogens is 485 g/mol. The second-order valence-electron chi connectivity index (χ2n) is 6.22. The van der Waals surface area contributed by atoms with E-state index in [0.29, 0.717) is 11.5 Å². The van der Waals surface area contributed by atoms with E-state index in [1.54, 1.807) is 6.92 Å². The number of phosphoric acid groups is 3. The molecule has 0 amide bonds. The molecule has 6 atom stereocenters. The van der Waals surface area contributed by atoms with Crippen molar-refractivity contribution in [3.63, 3.8) is 0 Å². The van der Waals surface area contributed by atoms with Gasteiger partial charge in [-0.1, -0.05) is 12.5 Å². The fraction of sp³-hybridized carbons (Fsp3) is 0.462. The average molecular weight is 504 g/mol. The number of nitrogens with zero attached hydrogens (tertiary/aromatic N) is 2. The Bertz CT molecular complexity index is 984. The summed E-state index contributed by atoms with van der Waals surface area (Å²) in [6, 6.07) is 0. The number of ether oxygens (including phenoxy) is 1. The molecule has 2 heterocycles. The number of hydrogen-bond acceptors (Lipinski definition) is 11. The number of phosphoric ester groups is 1. The molecule has 15 nitrogen and oxygen atoms in total. The molecule has 0 spiro atoms. The topological polar surface area (TPSA) is 225 Å². The smallest absolute Gasteiger partial charge is 0.386 e. The van der Waals surface area contributed by atoms with Gasteiger partial charge in [0.2, 0.25) is 0 Å². The van der Waals surface area contributed by atoms with Gasteiger partial charge in [-0.05, 0) is 13.0 Å². The minimum atomic E-state index is -5.75. The Morgan fingerprint density at radius 1 is 1.26 bits per heavy atom. The molecule has 1 saturated heterocycles. The third-order valence-corrected chi connectivity index (χ3v) is 7.69. The lowest BCUT2D eigenvalue weighted by Crippen LogP contribution is -2.46. The Morgan fingerprint density at radius 2 is 1.87 bits per heavy atom. The Hall–Kier alpha value is -1.20. The zero-order chi connectivity index (χ0) is 23.8. The van der Waals surface area contributed by atoms with Gasteiger partial charge in [-0.3, -0.25) is 4.52 Å². The molecule has 0 aromatic rings. The van der Waals surface area contributed by atoms with Crippen LogP contribution in [0.5, 0.6) is 0 Å². The van der Waals surface area contributed by atoms with Crippen LogP contribution >= 0.6 is 23.5 Å². The highest BCUT2D eigenvalue weighted by molar-refractivity contribution is 7.66. The number of hydrogen-bond donors (Lipinski definition) is 6. The molecule has 0 aromatic carbocycles. The molecule has 0 aliphatic carbocycles. The highest BCUT2D eigenvalue weighted by atomic mass is 31.3. The fourth-order valence-corrected chi connectivity index (χ4v) is 5.66. The summed E-state index contributed by atoms with van der Waals surface area (Å²) in [5.41, 5.74) is -1.84. The highest BCUT2D eigenvalue weighted by Crippen LogP contribution is 2.66. The van der Waals surface area contributed by atoms with Gasteiger partial charge in [-0.25, -0.2) is 18.7 Å². The molecule has 0 radical (unpaired) electrons. The maximum Gasteiger partial charge on any atom is 0.490 e. The second kappa shape index (κ2) is 8.97. The van der Waals surface area contributed by atoms with Crippen LogP contribution in [0, 0.1) is 12.3 Å². The van der Waals surface area contributed by atoms with Crippen molar-refractivity contribution in [3.8, 4) is 12.3 Å². The Balaban J connectivity index is 2.16. The molecule has 174 valence electrons. The van der Waals surface area contributed by atoms with E-state index in [1.807, 2.05) is 5.92 Å². The largest absolute Gasteiger partial charge is 0.490 e. The van der Waals surface area contributed by atoms with Gasteiger partial charge in [-0.15, -0.1) is 6.42 Å². The number of rotatable bonds is 8. The number of terminal acetylenes is 1. The molecule has 31 heavy (non-hydrogen) atoms. The van der Waals surface area contributed by atoms with E-state index in [-0.39, 0.29) is 0 Å². The molecule has 2 aliphatic rings. The lowest BCUT2D eigenvalue weighted by Gasteiger charge is -2.31. The predicted molar refractivity (Wildman–Crippen MR) is 101 cm³/mol. The van der Waals surface area contributed by atoms with Gasteiger partial charge in [0.05, 0.1) is 5.70 Å². The first kappa shape index (κ1) is 26.1. The van der Waals surface area contributed by atoms with E-state index in [0.717, 1.165) is 0 Å². The van der Waals surface area contributed by atoms with Crippen molar-refractivity contribution >= 4 is 29.3 Å². The first-order valence-electron chi connectivity index (χ1n) is 8.02. The van der Waals surface area contributed by atoms with Crippen LogP contribution in [0.1, 0.15) is 6.92 Å². The zero-order valence-corrected chi connectivity index (χ0v) is 18.3. The van der Waals surface area contributed by atoms with Crippen LogP contribution in [0.3, 0.4) is 0 Å². The van der Waals surface area contributed by atoms with Gasteiger partial charge < -0.3 is 39.4 Å². The summed E-state index contributed by atoms with van der Waals surface area (Å²) in [6.45, 7) is 4.02. The maximum absolute atomic E-state index is 11.9. The number of aliphatic hydroxyl groups is 2. The van der Waals surface area contributed by atoms with Crippen molar-refractivity contribution in [1.82, 2.24) is 4.90 Å². The van der Waals surface area contributed by atoms with Gasteiger partial charge in [-0.2, -0.15) is 8.62 Å². The van der Waals surface area contributed by atoms with Crippen LogP contribution < -0.4 is 0 Å². The molecule has 0 bridgehead atoms. The first-order chi connectivity index (χ1) is 14.0. The zero-order valence-electron chi connectivity index (χ0n) is 15.7. The SMILES string of the molecule is C#CC1(COP(=O)(O)OP(=O)(O)OP(=O)(O)O)OC(N2C=CC(=C)N=C2C)C(O)C1O. The number of aliphatic imine (C=N–C) groups is 1. The van der Waals surface area contributed by atoms with Crippen molar-refractivity contribution in [2.75, 3.05) is 6.61 Å². The second-order valence-corrected chi connectivity index (χ2v) is 10.6. The van der Waals surface area contributed by atoms with Crippen molar-refractivity contribution in [2.24, 2.45) is 4.99 Å². The first-order valence-corrected chi connectivity index (χ1v) is 12.5. The van der Waals surface area contributed by atoms with Crippen LogP contribution in [-0.4, -0.2) is 71.2 Å². The van der Waals surface area contributed by atoms with Crippen molar-refractivity contribution in [1.29, 1.82) is 0 Å². The van der Waals surface area contributed by atoms with Gasteiger partial charge >= 0.3 is 23.5 Å². The fourth-order valence-electron chi connectivity index (χ4n) is 2.62. The summed E-state index contributed by atoms with van der Waals surface area (Å²) in [7, 11) is -16.9. The lowest BCUT2D eigenvalue weighted by atomic mass is 9.97. The quantitative estimate of drug-likeness (QED) is 0.182. The summed E-state index contributed by atoms with van der Waals surface area (Å²) in [5.74, 6) is 2.29. The van der Waals surface area contributed by atoms with E-state index < -0.39 is 54.1 Å². The minimum absolute atomic E-state index is 0.310. The standard InChI is InChI=1S/C13H19N2O13P3/c1-4-13(7-25-30(21,22)28-31(23,24)27-29(18,19)20)11(17)10(16)12(26-13)15-6-5-8(2)14-9(15)3/h1,5-6,10-12,16-17H,2,7H2,3H3,(H,21,22)(H,23,24)(H2,18,19,20). The van der Waals surface area contributed by atoms with Gasteiger partial charge in [0.1, 0.15) is 24.7 Å². The minimum Gasteiger partial charge on any atom is -0.386 e. The van der Waals surface area contributed by atoms with Gasteiger partial charge in [0.25, 0.3) is 0 Å². The summed E-state index contributed by atoms with van der Waals surface area (Å²) in [5, 5.41) is 20.8. The molecule has 1 fully saturated rings. The van der Waals surface area contributed by atoms with Gasteiger partial charge in [0, 0.05) is 6.20 Å². The molecule has 2 aliphatic heterocycles. The van der Waals surface area contributed by atoms with Crippen molar-refractivity contribution < 1.29 is 61.4 Å². The normalized spacial score (nSPS) is 32.8. The Morgan fingerprint density at radius 3 is 2.39 bits per heavy atom. The summed E-state index contributed by atoms with van der Waals surface area (Å²) >= 11 is 0. The van der Waals surface area contributed by atoms with Crippen LogP contribution in [-0.2, 0) is 31.6 Å². The third-order valence-electron chi connectivity index (χ3n) is 3.91. The van der Waals surface area contributed by atoms with Crippen LogP contribution in [0.2, 0.25) is 0 Å². The predicted octanol–water partition coefficient (Wildman–Crippen LogP) is -0.459. The van der Waals surface area contributed by atoms with E-state index >= 15 is 0 Å². The molecule has 18 heteroatoms. The summed E-state index contributed by atoms with van der Waals surface area (Å²) in [6.07, 6.45) is 3.40.